The van der Waals surface area contributed by atoms with Crippen molar-refractivity contribution in [2.24, 2.45) is 0 Å². The van der Waals surface area contributed by atoms with E-state index in [9.17, 15) is 38.9 Å². The van der Waals surface area contributed by atoms with Crippen LogP contribution < -0.4 is 11.5 Å². The largest absolute Gasteiger partial charge is 0.398 e. The van der Waals surface area contributed by atoms with Crippen LogP contribution >= 0.6 is 0 Å². The fourth-order valence-corrected chi connectivity index (χ4v) is 5.41. The molecule has 3 rings (SSSR count). The van der Waals surface area contributed by atoms with Crippen LogP contribution in [-0.4, -0.2) is 104 Å². The SMILES string of the molecule is CC1=CC(=C(c2ccc(N)c(S(=O)(=O)O)c2)c2ccc(N)c(S(=O)(=O)O)c2)C=C(S(=O)(=O)O)C1=N.[Na].[Na]. The third kappa shape index (κ3) is 7.40. The zero-order chi connectivity index (χ0) is 26.5. The second-order valence-corrected chi connectivity index (χ2v) is 11.6. The molecule has 0 bridgehead atoms. The van der Waals surface area contributed by atoms with Crippen LogP contribution in [0.1, 0.15) is 18.1 Å². The van der Waals surface area contributed by atoms with E-state index in [0.717, 1.165) is 30.3 Å². The van der Waals surface area contributed by atoms with Crippen molar-refractivity contribution in [3.8, 4) is 0 Å². The van der Waals surface area contributed by atoms with Gasteiger partial charge >= 0.3 is 0 Å². The van der Waals surface area contributed by atoms with E-state index in [0.29, 0.717) is 0 Å². The second kappa shape index (κ2) is 11.8. The average molecular weight is 588 g/mol. The molecule has 2 aromatic rings. The number of nitrogen functional groups attached to an aromatic ring is 2. The van der Waals surface area contributed by atoms with E-state index in [2.05, 4.69) is 0 Å². The smallest absolute Gasteiger partial charge is 0.296 e. The molecule has 2 radical (unpaired) electrons. The van der Waals surface area contributed by atoms with Gasteiger partial charge in [-0.05, 0) is 71.2 Å². The molecule has 0 saturated carbocycles. The second-order valence-electron chi connectivity index (χ2n) is 7.47. The quantitative estimate of drug-likeness (QED) is 0.165. The van der Waals surface area contributed by atoms with Crippen LogP contribution in [-0.2, 0) is 30.4 Å². The van der Waals surface area contributed by atoms with Crippen molar-refractivity contribution < 1.29 is 38.9 Å². The van der Waals surface area contributed by atoms with Crippen molar-refractivity contribution in [1.82, 2.24) is 0 Å². The maximum absolute atomic E-state index is 11.9. The van der Waals surface area contributed by atoms with Crippen molar-refractivity contribution in [2.45, 2.75) is 16.7 Å². The van der Waals surface area contributed by atoms with Crippen LogP contribution in [0.3, 0.4) is 0 Å². The van der Waals surface area contributed by atoms with E-state index in [-0.39, 0.29) is 98.3 Å². The van der Waals surface area contributed by atoms with Crippen molar-refractivity contribution >= 4 is 112 Å². The summed E-state index contributed by atoms with van der Waals surface area (Å²) in [6.07, 6.45) is 2.28. The van der Waals surface area contributed by atoms with Gasteiger partial charge in [-0.2, -0.15) is 25.3 Å². The van der Waals surface area contributed by atoms with Crippen molar-refractivity contribution in [3.05, 3.63) is 75.7 Å². The predicted molar refractivity (Wildman–Crippen MR) is 140 cm³/mol. The Morgan fingerprint density at radius 2 is 1.14 bits per heavy atom. The summed E-state index contributed by atoms with van der Waals surface area (Å²) in [5.41, 5.74) is 10.4. The maximum atomic E-state index is 11.9. The molecule has 17 heteroatoms. The minimum Gasteiger partial charge on any atom is -0.398 e. The van der Waals surface area contributed by atoms with Gasteiger partial charge in [0.05, 0.1) is 17.1 Å². The summed E-state index contributed by atoms with van der Waals surface area (Å²) in [5, 5.41) is 7.98. The molecule has 0 aliphatic heterocycles. The average Bonchev–Trinajstić information content (AvgIpc) is 2.70. The third-order valence-corrected chi connectivity index (χ3v) is 7.72. The Hall–Kier alpha value is -1.34. The molecule has 0 heterocycles. The van der Waals surface area contributed by atoms with E-state index in [1.807, 2.05) is 0 Å². The van der Waals surface area contributed by atoms with Gasteiger partial charge in [-0.1, -0.05) is 12.1 Å². The topological polar surface area (TPSA) is 239 Å². The molecule has 0 aromatic heterocycles. The molecule has 0 saturated heterocycles. The summed E-state index contributed by atoms with van der Waals surface area (Å²) in [5.74, 6) is 0. The molecule has 0 amide bonds. The number of nitrogens with one attached hydrogen (secondary N) is 1. The van der Waals surface area contributed by atoms with Gasteiger partial charge in [0.1, 0.15) is 14.7 Å². The molecule has 8 N–H and O–H groups in total. The number of hydrogen-bond donors (Lipinski definition) is 6. The molecular weight excluding hydrogens is 568 g/mol. The van der Waals surface area contributed by atoms with E-state index in [4.69, 9.17) is 16.9 Å². The molecule has 188 valence electrons. The molecule has 1 aliphatic carbocycles. The summed E-state index contributed by atoms with van der Waals surface area (Å²) in [6, 6.07) is 6.88. The van der Waals surface area contributed by atoms with Crippen molar-refractivity contribution in [3.63, 3.8) is 0 Å². The number of anilines is 2. The van der Waals surface area contributed by atoms with Gasteiger partial charge < -0.3 is 11.5 Å². The first-order chi connectivity index (χ1) is 15.9. The Labute approximate surface area is 257 Å². The first-order valence-corrected chi connectivity index (χ1v) is 13.7. The summed E-state index contributed by atoms with van der Waals surface area (Å²) < 4.78 is 99.7. The van der Waals surface area contributed by atoms with Gasteiger partial charge in [0, 0.05) is 59.1 Å². The summed E-state index contributed by atoms with van der Waals surface area (Å²) in [6.45, 7) is 1.39. The molecule has 1 aliphatic rings. The van der Waals surface area contributed by atoms with Gasteiger partial charge in [-0.25, -0.2) is 0 Å². The first-order valence-electron chi connectivity index (χ1n) is 9.37. The number of hydrogen-bond acceptors (Lipinski definition) is 9. The molecule has 2 aromatic carbocycles. The summed E-state index contributed by atoms with van der Waals surface area (Å²) in [4.78, 5) is -2.12. The van der Waals surface area contributed by atoms with Crippen molar-refractivity contribution in [2.75, 3.05) is 11.5 Å². The molecular formula is C20H19N3Na2O9S3. The first kappa shape index (κ1) is 33.7. The number of allylic oxidation sites excluding steroid dienone is 5. The minimum atomic E-state index is -4.87. The van der Waals surface area contributed by atoms with Crippen LogP contribution in [0.25, 0.3) is 5.57 Å². The van der Waals surface area contributed by atoms with Crippen LogP contribution in [0.5, 0.6) is 0 Å². The molecule has 0 spiro atoms. The molecule has 0 fully saturated rings. The Morgan fingerprint density at radius 3 is 1.49 bits per heavy atom. The minimum absolute atomic E-state index is 0. The molecule has 0 atom stereocenters. The van der Waals surface area contributed by atoms with Gasteiger partial charge in [0.2, 0.25) is 0 Å². The Kier molecular flexibility index (Phi) is 10.8. The van der Waals surface area contributed by atoms with E-state index >= 15 is 0 Å². The van der Waals surface area contributed by atoms with Crippen LogP contribution in [0.2, 0.25) is 0 Å². The van der Waals surface area contributed by atoms with Crippen molar-refractivity contribution in [1.29, 1.82) is 5.41 Å². The number of benzene rings is 2. The van der Waals surface area contributed by atoms with Gasteiger partial charge in [-0.15, -0.1) is 0 Å². The molecule has 12 nitrogen and oxygen atoms in total. The van der Waals surface area contributed by atoms with E-state index in [1.165, 1.54) is 25.1 Å². The fraction of sp³-hybridized carbons (Fsp3) is 0.0500. The summed E-state index contributed by atoms with van der Waals surface area (Å²) in [7, 11) is -14.5. The van der Waals surface area contributed by atoms with Crippen LogP contribution in [0.4, 0.5) is 11.4 Å². The zero-order valence-corrected chi connectivity index (χ0v) is 26.2. The molecule has 0 unspecified atom stereocenters. The van der Waals surface area contributed by atoms with Crippen LogP contribution in [0, 0.1) is 5.41 Å². The maximum Gasteiger partial charge on any atom is 0.296 e. The Morgan fingerprint density at radius 1 is 0.730 bits per heavy atom. The van der Waals surface area contributed by atoms with E-state index in [1.54, 1.807) is 0 Å². The van der Waals surface area contributed by atoms with E-state index < -0.39 is 50.8 Å². The summed E-state index contributed by atoms with van der Waals surface area (Å²) >= 11 is 0. The normalized spacial score (nSPS) is 14.2. The van der Waals surface area contributed by atoms with Crippen LogP contribution in [0.15, 0.2) is 74.4 Å². The fourth-order valence-electron chi connectivity index (χ4n) is 3.43. The van der Waals surface area contributed by atoms with Gasteiger partial charge in [0.15, 0.2) is 0 Å². The van der Waals surface area contributed by atoms with Gasteiger partial charge in [-0.3, -0.25) is 19.1 Å². The number of nitrogens with two attached hydrogens (primary N) is 2. The van der Waals surface area contributed by atoms with Gasteiger partial charge in [0.25, 0.3) is 30.4 Å². The predicted octanol–water partition coefficient (Wildman–Crippen LogP) is 1.14. The third-order valence-electron chi connectivity index (χ3n) is 5.03. The monoisotopic (exact) mass is 587 g/mol. The number of rotatable bonds is 5. The standard InChI is InChI=1S/C20H19N3O9S3.2Na/c1-10-6-13(9-18(20(10)23)35(30,31)32)19(11-2-4-14(21)16(7-11)33(24,25)26)12-3-5-15(22)17(8-12)34(27,28)29;;/h2-9,23H,21-22H2,1H3,(H,24,25,26)(H,27,28,29)(H,30,31,32);;. The molecule has 37 heavy (non-hydrogen) atoms. The Balaban J connectivity index is 0.00000342. The Bertz CT molecular complexity index is 1630. The zero-order valence-electron chi connectivity index (χ0n) is 19.8.